The average molecular weight is 273 g/mol. The van der Waals surface area contributed by atoms with Crippen LogP contribution in [0.2, 0.25) is 0 Å². The lowest BCUT2D eigenvalue weighted by atomic mass is 10.2. The van der Waals surface area contributed by atoms with Crippen molar-refractivity contribution in [3.63, 3.8) is 0 Å². The molecule has 0 aliphatic rings. The highest BCUT2D eigenvalue weighted by Crippen LogP contribution is 2.17. The number of aromatic nitrogens is 3. The Labute approximate surface area is 111 Å². The van der Waals surface area contributed by atoms with Gasteiger partial charge in [-0.25, -0.2) is 0 Å². The molecule has 0 aromatic carbocycles. The quantitative estimate of drug-likeness (QED) is 0.543. The fraction of sp³-hybridized carbons (Fsp3) is 0.727. The SMILES string of the molecule is COCCCCCn1c(C)nnc1SCC(=O)O. The van der Waals surface area contributed by atoms with Gasteiger partial charge in [0.1, 0.15) is 5.82 Å². The molecule has 0 spiro atoms. The third-order valence-corrected chi connectivity index (χ3v) is 3.41. The van der Waals surface area contributed by atoms with Crippen molar-refractivity contribution in [2.45, 2.75) is 37.9 Å². The van der Waals surface area contributed by atoms with E-state index in [-0.39, 0.29) is 5.75 Å². The zero-order valence-electron chi connectivity index (χ0n) is 10.8. The van der Waals surface area contributed by atoms with E-state index in [0.717, 1.165) is 38.2 Å². The number of nitrogens with zero attached hydrogens (tertiary/aromatic N) is 3. The van der Waals surface area contributed by atoms with Crippen molar-refractivity contribution in [2.75, 3.05) is 19.5 Å². The van der Waals surface area contributed by atoms with Gasteiger partial charge < -0.3 is 14.4 Å². The van der Waals surface area contributed by atoms with Crippen molar-refractivity contribution >= 4 is 17.7 Å². The summed E-state index contributed by atoms with van der Waals surface area (Å²) >= 11 is 1.21. The Morgan fingerprint density at radius 3 is 2.83 bits per heavy atom. The van der Waals surface area contributed by atoms with Crippen LogP contribution in [0.5, 0.6) is 0 Å². The minimum atomic E-state index is -0.840. The summed E-state index contributed by atoms with van der Waals surface area (Å²) in [6.45, 7) is 3.49. The standard InChI is InChI=1S/C11H19N3O3S/c1-9-12-13-11(18-8-10(15)16)14(9)6-4-3-5-7-17-2/h3-8H2,1-2H3,(H,15,16). The van der Waals surface area contributed by atoms with E-state index in [0.29, 0.717) is 5.16 Å². The number of hydrogen-bond donors (Lipinski definition) is 1. The molecule has 0 amide bonds. The van der Waals surface area contributed by atoms with Gasteiger partial charge in [-0.2, -0.15) is 0 Å². The van der Waals surface area contributed by atoms with Gasteiger partial charge in [0, 0.05) is 20.3 Å². The fourth-order valence-corrected chi connectivity index (χ4v) is 2.28. The summed E-state index contributed by atoms with van der Waals surface area (Å²) in [5.74, 6) is 0.00358. The zero-order chi connectivity index (χ0) is 13.4. The Balaban J connectivity index is 2.42. The van der Waals surface area contributed by atoms with E-state index in [1.807, 2.05) is 11.5 Å². The molecule has 1 rings (SSSR count). The molecule has 0 unspecified atom stereocenters. The summed E-state index contributed by atoms with van der Waals surface area (Å²) in [5.41, 5.74) is 0. The first-order valence-electron chi connectivity index (χ1n) is 5.88. The highest BCUT2D eigenvalue weighted by molar-refractivity contribution is 7.99. The molecule has 0 aliphatic carbocycles. The van der Waals surface area contributed by atoms with Gasteiger partial charge in [-0.3, -0.25) is 4.79 Å². The number of rotatable bonds is 9. The molecule has 1 N–H and O–H groups in total. The summed E-state index contributed by atoms with van der Waals surface area (Å²) in [5, 5.41) is 17.3. The van der Waals surface area contributed by atoms with Crippen LogP contribution in [0, 0.1) is 6.92 Å². The number of aliphatic carboxylic acids is 1. The molecule has 1 aromatic heterocycles. The summed E-state index contributed by atoms with van der Waals surface area (Å²) in [4.78, 5) is 10.5. The lowest BCUT2D eigenvalue weighted by molar-refractivity contribution is -0.133. The Bertz CT molecular complexity index is 382. The van der Waals surface area contributed by atoms with Crippen LogP contribution in [-0.2, 0) is 16.1 Å². The third kappa shape index (κ3) is 5.05. The van der Waals surface area contributed by atoms with Gasteiger partial charge in [0.15, 0.2) is 5.16 Å². The van der Waals surface area contributed by atoms with E-state index in [2.05, 4.69) is 10.2 Å². The topological polar surface area (TPSA) is 77.2 Å². The van der Waals surface area contributed by atoms with E-state index in [1.54, 1.807) is 7.11 Å². The normalized spacial score (nSPS) is 10.8. The highest BCUT2D eigenvalue weighted by Gasteiger charge is 2.10. The smallest absolute Gasteiger partial charge is 0.313 e. The van der Waals surface area contributed by atoms with Crippen molar-refractivity contribution in [3.05, 3.63) is 5.82 Å². The van der Waals surface area contributed by atoms with Crippen LogP contribution < -0.4 is 0 Å². The summed E-state index contributed by atoms with van der Waals surface area (Å²) < 4.78 is 6.96. The molecule has 1 aromatic rings. The predicted molar refractivity (Wildman–Crippen MR) is 68.8 cm³/mol. The number of hydrogen-bond acceptors (Lipinski definition) is 5. The highest BCUT2D eigenvalue weighted by atomic mass is 32.2. The molecule has 0 fully saturated rings. The molecule has 0 bridgehead atoms. The van der Waals surface area contributed by atoms with Crippen LogP contribution >= 0.6 is 11.8 Å². The maximum Gasteiger partial charge on any atom is 0.313 e. The summed E-state index contributed by atoms with van der Waals surface area (Å²) in [6.07, 6.45) is 3.13. The molecule has 6 nitrogen and oxygen atoms in total. The molecule has 102 valence electrons. The number of methoxy groups -OCH3 is 1. The third-order valence-electron chi connectivity index (χ3n) is 2.46. The van der Waals surface area contributed by atoms with Gasteiger partial charge in [-0.15, -0.1) is 10.2 Å². The van der Waals surface area contributed by atoms with E-state index in [1.165, 1.54) is 11.8 Å². The van der Waals surface area contributed by atoms with Crippen molar-refractivity contribution in [1.29, 1.82) is 0 Å². The van der Waals surface area contributed by atoms with Crippen LogP contribution in [0.15, 0.2) is 5.16 Å². The van der Waals surface area contributed by atoms with Crippen molar-refractivity contribution in [2.24, 2.45) is 0 Å². The van der Waals surface area contributed by atoms with Gasteiger partial charge in [-0.1, -0.05) is 11.8 Å². The fourth-order valence-electron chi connectivity index (χ4n) is 1.55. The second-order valence-corrected chi connectivity index (χ2v) is 4.86. The Morgan fingerprint density at radius 1 is 1.39 bits per heavy atom. The van der Waals surface area contributed by atoms with E-state index in [4.69, 9.17) is 9.84 Å². The van der Waals surface area contributed by atoms with E-state index in [9.17, 15) is 4.79 Å². The maximum absolute atomic E-state index is 10.5. The molecular formula is C11H19N3O3S. The maximum atomic E-state index is 10.5. The number of carboxylic acids is 1. The van der Waals surface area contributed by atoms with Gasteiger partial charge in [-0.05, 0) is 26.2 Å². The van der Waals surface area contributed by atoms with E-state index >= 15 is 0 Å². The monoisotopic (exact) mass is 273 g/mol. The second kappa shape index (κ2) is 8.10. The number of unbranched alkanes of at least 4 members (excludes halogenated alkanes) is 2. The van der Waals surface area contributed by atoms with Crippen LogP contribution in [0.4, 0.5) is 0 Å². The van der Waals surface area contributed by atoms with Crippen LogP contribution in [0.3, 0.4) is 0 Å². The van der Waals surface area contributed by atoms with Gasteiger partial charge in [0.25, 0.3) is 0 Å². The van der Waals surface area contributed by atoms with Crippen molar-refractivity contribution < 1.29 is 14.6 Å². The Kier molecular flexibility index (Phi) is 6.74. The second-order valence-electron chi connectivity index (χ2n) is 3.92. The predicted octanol–water partition coefficient (Wildman–Crippen LogP) is 1.58. The summed E-state index contributed by atoms with van der Waals surface area (Å²) in [7, 11) is 1.70. The molecule has 7 heteroatoms. The van der Waals surface area contributed by atoms with E-state index < -0.39 is 5.97 Å². The lowest BCUT2D eigenvalue weighted by Gasteiger charge is -2.07. The minimum Gasteiger partial charge on any atom is -0.481 e. The van der Waals surface area contributed by atoms with Crippen LogP contribution in [-0.4, -0.2) is 45.3 Å². The number of aryl methyl sites for hydroxylation is 1. The first-order chi connectivity index (χ1) is 8.65. The Morgan fingerprint density at radius 2 is 2.17 bits per heavy atom. The summed E-state index contributed by atoms with van der Waals surface area (Å²) in [6, 6.07) is 0. The van der Waals surface area contributed by atoms with Gasteiger partial charge in [0.2, 0.25) is 0 Å². The van der Waals surface area contributed by atoms with Crippen molar-refractivity contribution in [1.82, 2.24) is 14.8 Å². The molecule has 18 heavy (non-hydrogen) atoms. The van der Waals surface area contributed by atoms with Crippen LogP contribution in [0.25, 0.3) is 0 Å². The van der Waals surface area contributed by atoms with Crippen molar-refractivity contribution in [3.8, 4) is 0 Å². The number of ether oxygens (including phenoxy) is 1. The molecule has 0 aliphatic heterocycles. The first kappa shape index (κ1) is 15.0. The number of carbonyl (C=O) groups is 1. The van der Waals surface area contributed by atoms with Crippen LogP contribution in [0.1, 0.15) is 25.1 Å². The minimum absolute atomic E-state index is 0.0157. The first-order valence-corrected chi connectivity index (χ1v) is 6.87. The van der Waals surface area contributed by atoms with Gasteiger partial charge in [0.05, 0.1) is 5.75 Å². The number of carboxylic acid groups (broad SMARTS) is 1. The number of thioether (sulfide) groups is 1. The largest absolute Gasteiger partial charge is 0.481 e. The molecular weight excluding hydrogens is 254 g/mol. The Hall–Kier alpha value is -1.08. The molecule has 0 saturated carbocycles. The molecule has 0 radical (unpaired) electrons. The molecule has 1 heterocycles. The van der Waals surface area contributed by atoms with Gasteiger partial charge >= 0.3 is 5.97 Å². The average Bonchev–Trinajstić information content (AvgIpc) is 2.68. The lowest BCUT2D eigenvalue weighted by Crippen LogP contribution is -2.05. The molecule has 0 saturated heterocycles. The zero-order valence-corrected chi connectivity index (χ0v) is 11.6. The molecule has 0 atom stereocenters.